The normalized spacial score (nSPS) is 10.7. The lowest BCUT2D eigenvalue weighted by molar-refractivity contribution is 0.102. The van der Waals surface area contributed by atoms with E-state index in [0.717, 1.165) is 5.69 Å². The van der Waals surface area contributed by atoms with Crippen LogP contribution in [0.2, 0.25) is 0 Å². The van der Waals surface area contributed by atoms with Crippen LogP contribution in [-0.4, -0.2) is 25.5 Å². The van der Waals surface area contributed by atoms with Crippen molar-refractivity contribution in [2.45, 2.75) is 6.92 Å². The molecule has 4 aromatic rings. The molecule has 1 N–H and O–H groups in total. The molecule has 7 nitrogen and oxygen atoms in total. The second-order valence-electron chi connectivity index (χ2n) is 5.64. The summed E-state index contributed by atoms with van der Waals surface area (Å²) in [5.41, 5.74) is 2.15. The number of nitrogens with zero attached hydrogens (tertiary/aromatic N) is 4. The van der Waals surface area contributed by atoms with Gasteiger partial charge in [-0.15, -0.1) is 0 Å². The van der Waals surface area contributed by atoms with Crippen molar-refractivity contribution in [1.29, 1.82) is 0 Å². The van der Waals surface area contributed by atoms with Crippen molar-refractivity contribution in [2.24, 2.45) is 0 Å². The number of amides is 1. The summed E-state index contributed by atoms with van der Waals surface area (Å²) in [6, 6.07) is 12.9. The fourth-order valence-corrected chi connectivity index (χ4v) is 2.49. The minimum Gasteiger partial charge on any atom is -0.455 e. The van der Waals surface area contributed by atoms with Crippen molar-refractivity contribution < 1.29 is 9.53 Å². The highest BCUT2D eigenvalue weighted by Crippen LogP contribution is 2.28. The molecule has 1 amide bonds. The Balaban J connectivity index is 1.62. The Morgan fingerprint density at radius 2 is 1.96 bits per heavy atom. The maximum atomic E-state index is 12.7. The number of anilines is 1. The molecule has 3 heterocycles. The topological polar surface area (TPSA) is 81.4 Å². The molecule has 0 unspecified atom stereocenters. The van der Waals surface area contributed by atoms with Gasteiger partial charge in [0.1, 0.15) is 17.0 Å². The summed E-state index contributed by atoms with van der Waals surface area (Å²) in [4.78, 5) is 21.2. The Bertz CT molecular complexity index is 1080. The third kappa shape index (κ3) is 3.10. The van der Waals surface area contributed by atoms with Gasteiger partial charge in [-0.25, -0.2) is 9.50 Å². The summed E-state index contributed by atoms with van der Waals surface area (Å²) in [5, 5.41) is 6.98. The molecule has 0 bridgehead atoms. The van der Waals surface area contributed by atoms with Gasteiger partial charge in [-0.05, 0) is 25.1 Å². The standard InChI is InChI=1S/C19H15N5O2/c1-13-8-10-24-18(22-13)15(11-21-24)19(25)23-16-12-20-9-7-17(16)26-14-5-3-2-4-6-14/h2-12H,1H3,(H,23,25). The van der Waals surface area contributed by atoms with Gasteiger partial charge in [0.25, 0.3) is 5.91 Å². The molecule has 3 aromatic heterocycles. The van der Waals surface area contributed by atoms with Crippen molar-refractivity contribution >= 4 is 17.2 Å². The van der Waals surface area contributed by atoms with Crippen LogP contribution in [-0.2, 0) is 0 Å². The van der Waals surface area contributed by atoms with Crippen LogP contribution in [0.4, 0.5) is 5.69 Å². The van der Waals surface area contributed by atoms with Gasteiger partial charge in [0, 0.05) is 24.2 Å². The van der Waals surface area contributed by atoms with Gasteiger partial charge < -0.3 is 10.1 Å². The third-order valence-electron chi connectivity index (χ3n) is 3.75. The van der Waals surface area contributed by atoms with Crippen molar-refractivity contribution in [3.05, 3.63) is 78.5 Å². The first kappa shape index (κ1) is 15.8. The highest BCUT2D eigenvalue weighted by molar-refractivity contribution is 6.08. The molecule has 128 valence electrons. The largest absolute Gasteiger partial charge is 0.455 e. The van der Waals surface area contributed by atoms with Crippen LogP contribution in [0.5, 0.6) is 11.5 Å². The monoisotopic (exact) mass is 345 g/mol. The molecule has 26 heavy (non-hydrogen) atoms. The van der Waals surface area contributed by atoms with Gasteiger partial charge in [0.2, 0.25) is 0 Å². The second-order valence-corrected chi connectivity index (χ2v) is 5.64. The highest BCUT2D eigenvalue weighted by atomic mass is 16.5. The van der Waals surface area contributed by atoms with Crippen LogP contribution in [0.25, 0.3) is 5.65 Å². The SMILES string of the molecule is Cc1ccn2ncc(C(=O)Nc3cnccc3Oc3ccccc3)c2n1. The number of benzene rings is 1. The van der Waals surface area contributed by atoms with E-state index in [4.69, 9.17) is 4.74 Å². The van der Waals surface area contributed by atoms with E-state index < -0.39 is 0 Å². The molecular weight excluding hydrogens is 330 g/mol. The highest BCUT2D eigenvalue weighted by Gasteiger charge is 2.16. The molecule has 0 atom stereocenters. The molecule has 4 rings (SSSR count). The molecule has 0 aliphatic carbocycles. The van der Waals surface area contributed by atoms with Crippen molar-refractivity contribution in [2.75, 3.05) is 5.32 Å². The Kier molecular flexibility index (Phi) is 4.03. The Labute approximate surface area is 149 Å². The lowest BCUT2D eigenvalue weighted by atomic mass is 10.3. The minimum atomic E-state index is -0.330. The summed E-state index contributed by atoms with van der Waals surface area (Å²) in [6.45, 7) is 1.86. The van der Waals surface area contributed by atoms with E-state index in [0.29, 0.717) is 28.4 Å². The van der Waals surface area contributed by atoms with Gasteiger partial charge >= 0.3 is 0 Å². The number of pyridine rings is 1. The van der Waals surface area contributed by atoms with Crippen molar-refractivity contribution in [3.8, 4) is 11.5 Å². The van der Waals surface area contributed by atoms with Crippen LogP contribution in [0, 0.1) is 6.92 Å². The smallest absolute Gasteiger partial charge is 0.261 e. The van der Waals surface area contributed by atoms with E-state index >= 15 is 0 Å². The molecule has 0 fully saturated rings. The quantitative estimate of drug-likeness (QED) is 0.612. The molecule has 0 saturated heterocycles. The van der Waals surface area contributed by atoms with Gasteiger partial charge in [0.15, 0.2) is 11.4 Å². The summed E-state index contributed by atoms with van der Waals surface area (Å²) < 4.78 is 7.41. The molecule has 0 spiro atoms. The van der Waals surface area contributed by atoms with Crippen molar-refractivity contribution in [1.82, 2.24) is 19.6 Å². The van der Waals surface area contributed by atoms with Gasteiger partial charge in [-0.3, -0.25) is 9.78 Å². The average Bonchev–Trinajstić information content (AvgIpc) is 3.07. The molecule has 7 heteroatoms. The Morgan fingerprint density at radius 1 is 1.12 bits per heavy atom. The van der Waals surface area contributed by atoms with E-state index in [1.54, 1.807) is 29.2 Å². The number of hydrogen-bond donors (Lipinski definition) is 1. The summed E-state index contributed by atoms with van der Waals surface area (Å²) in [5.74, 6) is 0.839. The summed E-state index contributed by atoms with van der Waals surface area (Å²) in [6.07, 6.45) is 6.41. The zero-order chi connectivity index (χ0) is 17.9. The molecule has 0 aliphatic rings. The first-order valence-corrected chi connectivity index (χ1v) is 8.00. The number of para-hydroxylation sites is 1. The van der Waals surface area contributed by atoms with Crippen molar-refractivity contribution in [3.63, 3.8) is 0 Å². The Morgan fingerprint density at radius 3 is 2.81 bits per heavy atom. The number of hydrogen-bond acceptors (Lipinski definition) is 5. The summed E-state index contributed by atoms with van der Waals surface area (Å²) in [7, 11) is 0. The number of nitrogens with one attached hydrogen (secondary N) is 1. The first-order chi connectivity index (χ1) is 12.7. The summed E-state index contributed by atoms with van der Waals surface area (Å²) >= 11 is 0. The average molecular weight is 345 g/mol. The second kappa shape index (κ2) is 6.64. The number of aromatic nitrogens is 4. The number of carbonyl (C=O) groups excluding carboxylic acids is 1. The van der Waals surface area contributed by atoms with Crippen LogP contribution < -0.4 is 10.1 Å². The van der Waals surface area contributed by atoms with Gasteiger partial charge in [-0.1, -0.05) is 18.2 Å². The lowest BCUT2D eigenvalue weighted by Gasteiger charge is -2.11. The number of aryl methyl sites for hydroxylation is 1. The molecule has 0 saturated carbocycles. The lowest BCUT2D eigenvalue weighted by Crippen LogP contribution is -2.13. The number of fused-ring (bicyclic) bond motifs is 1. The maximum Gasteiger partial charge on any atom is 0.261 e. The van der Waals surface area contributed by atoms with E-state index in [9.17, 15) is 4.79 Å². The molecule has 0 radical (unpaired) electrons. The van der Waals surface area contributed by atoms with Gasteiger partial charge in [-0.2, -0.15) is 5.10 Å². The first-order valence-electron chi connectivity index (χ1n) is 8.00. The maximum absolute atomic E-state index is 12.7. The van der Waals surface area contributed by atoms with E-state index in [1.165, 1.54) is 6.20 Å². The Hall–Kier alpha value is -3.74. The number of carbonyl (C=O) groups is 1. The van der Waals surface area contributed by atoms with Crippen LogP contribution in [0.3, 0.4) is 0 Å². The molecular formula is C19H15N5O2. The zero-order valence-corrected chi connectivity index (χ0v) is 14.0. The number of ether oxygens (including phenoxy) is 1. The third-order valence-corrected chi connectivity index (χ3v) is 3.75. The fourth-order valence-electron chi connectivity index (χ4n) is 2.49. The molecule has 0 aliphatic heterocycles. The van der Waals surface area contributed by atoms with Crippen LogP contribution in [0.1, 0.15) is 16.1 Å². The number of rotatable bonds is 4. The van der Waals surface area contributed by atoms with Crippen LogP contribution in [0.15, 0.2) is 67.3 Å². The zero-order valence-electron chi connectivity index (χ0n) is 14.0. The minimum absolute atomic E-state index is 0.330. The van der Waals surface area contributed by atoms with E-state index in [2.05, 4.69) is 20.4 Å². The van der Waals surface area contributed by atoms with E-state index in [-0.39, 0.29) is 5.91 Å². The van der Waals surface area contributed by atoms with Crippen LogP contribution >= 0.6 is 0 Å². The van der Waals surface area contributed by atoms with Gasteiger partial charge in [0.05, 0.1) is 12.4 Å². The predicted molar refractivity (Wildman–Crippen MR) is 96.4 cm³/mol. The predicted octanol–water partition coefficient (Wildman–Crippen LogP) is 3.48. The van der Waals surface area contributed by atoms with E-state index in [1.807, 2.05) is 43.3 Å². The molecule has 1 aromatic carbocycles. The fraction of sp³-hybridized carbons (Fsp3) is 0.0526.